The molecule has 0 bridgehead atoms. The van der Waals surface area contributed by atoms with Gasteiger partial charge in [0, 0.05) is 19.0 Å². The van der Waals surface area contributed by atoms with E-state index >= 15 is 0 Å². The van der Waals surface area contributed by atoms with Gasteiger partial charge in [-0.3, -0.25) is 9.59 Å². The molecule has 1 amide bonds. The molecule has 5 heteroatoms. The number of carboxylic acids is 1. The third-order valence-electron chi connectivity index (χ3n) is 3.83. The Morgan fingerprint density at radius 1 is 1.45 bits per heavy atom. The summed E-state index contributed by atoms with van der Waals surface area (Å²) in [6.45, 7) is 3.01. The summed E-state index contributed by atoms with van der Waals surface area (Å²) in [6.07, 6.45) is 0.620. The summed E-state index contributed by atoms with van der Waals surface area (Å²) in [7, 11) is 0. The standard InChI is InChI=1S/C15H20N2O3/c1-10(6-7-16)14(18)17-8-11-4-2-3-5-12(11)13(9-17)15(19)20/h2-5,10,13H,6-9,16H2,1H3,(H,19,20). The van der Waals surface area contributed by atoms with Crippen molar-refractivity contribution in [3.05, 3.63) is 35.4 Å². The van der Waals surface area contributed by atoms with Gasteiger partial charge in [0.15, 0.2) is 0 Å². The summed E-state index contributed by atoms with van der Waals surface area (Å²) in [4.78, 5) is 25.4. The predicted octanol–water partition coefficient (Wildman–Crippen LogP) is 1.18. The maximum Gasteiger partial charge on any atom is 0.312 e. The number of carbonyl (C=O) groups excluding carboxylic acids is 1. The minimum absolute atomic E-state index is 0.0174. The largest absolute Gasteiger partial charge is 0.481 e. The summed E-state index contributed by atoms with van der Waals surface area (Å²) in [6, 6.07) is 7.43. The highest BCUT2D eigenvalue weighted by atomic mass is 16.4. The topological polar surface area (TPSA) is 83.6 Å². The summed E-state index contributed by atoms with van der Waals surface area (Å²) >= 11 is 0. The molecule has 0 saturated heterocycles. The summed E-state index contributed by atoms with van der Waals surface area (Å²) in [5, 5.41) is 9.37. The van der Waals surface area contributed by atoms with Crippen LogP contribution in [0.25, 0.3) is 0 Å². The number of hydrogen-bond acceptors (Lipinski definition) is 3. The van der Waals surface area contributed by atoms with E-state index in [1.165, 1.54) is 0 Å². The molecule has 1 aromatic carbocycles. The van der Waals surface area contributed by atoms with Gasteiger partial charge in [0.1, 0.15) is 0 Å². The second kappa shape index (κ2) is 6.05. The Labute approximate surface area is 118 Å². The molecule has 1 aliphatic heterocycles. The number of amides is 1. The Bertz CT molecular complexity index is 516. The molecule has 2 rings (SSSR count). The van der Waals surface area contributed by atoms with Crippen molar-refractivity contribution >= 4 is 11.9 Å². The zero-order chi connectivity index (χ0) is 14.7. The summed E-state index contributed by atoms with van der Waals surface area (Å²) in [5.41, 5.74) is 7.22. The number of carboxylic acid groups (broad SMARTS) is 1. The van der Waals surface area contributed by atoms with Crippen molar-refractivity contribution in [2.24, 2.45) is 11.7 Å². The van der Waals surface area contributed by atoms with E-state index in [9.17, 15) is 14.7 Å². The van der Waals surface area contributed by atoms with Gasteiger partial charge in [-0.05, 0) is 24.1 Å². The molecule has 0 radical (unpaired) electrons. The zero-order valence-electron chi connectivity index (χ0n) is 11.6. The molecule has 3 N–H and O–H groups in total. The maximum atomic E-state index is 12.3. The Hall–Kier alpha value is -1.88. The SMILES string of the molecule is CC(CCN)C(=O)N1Cc2ccccc2C(C(=O)O)C1. The molecule has 2 atom stereocenters. The lowest BCUT2D eigenvalue weighted by Crippen LogP contribution is -2.43. The van der Waals surface area contributed by atoms with Gasteiger partial charge in [-0.2, -0.15) is 0 Å². The molecular weight excluding hydrogens is 256 g/mol. The average Bonchev–Trinajstić information content (AvgIpc) is 2.45. The Balaban J connectivity index is 2.24. The van der Waals surface area contributed by atoms with Crippen molar-refractivity contribution in [3.63, 3.8) is 0 Å². The average molecular weight is 276 g/mol. The molecule has 2 unspecified atom stereocenters. The number of aliphatic carboxylic acids is 1. The zero-order valence-corrected chi connectivity index (χ0v) is 11.6. The predicted molar refractivity (Wildman–Crippen MR) is 75.1 cm³/mol. The number of nitrogens with zero attached hydrogens (tertiary/aromatic N) is 1. The van der Waals surface area contributed by atoms with E-state index in [1.54, 1.807) is 4.90 Å². The van der Waals surface area contributed by atoms with Crippen molar-refractivity contribution < 1.29 is 14.7 Å². The third kappa shape index (κ3) is 2.82. The monoisotopic (exact) mass is 276 g/mol. The van der Waals surface area contributed by atoms with Gasteiger partial charge in [-0.25, -0.2) is 0 Å². The van der Waals surface area contributed by atoms with Crippen LogP contribution in [0.3, 0.4) is 0 Å². The van der Waals surface area contributed by atoms with Gasteiger partial charge < -0.3 is 15.7 Å². The molecule has 0 saturated carbocycles. The highest BCUT2D eigenvalue weighted by molar-refractivity contribution is 5.82. The molecule has 1 heterocycles. The van der Waals surface area contributed by atoms with Crippen LogP contribution < -0.4 is 5.73 Å². The van der Waals surface area contributed by atoms with E-state index in [0.29, 0.717) is 19.5 Å². The first-order chi connectivity index (χ1) is 9.54. The first kappa shape index (κ1) is 14.5. The van der Waals surface area contributed by atoms with Crippen LogP contribution in [0, 0.1) is 5.92 Å². The molecule has 0 aromatic heterocycles. The van der Waals surface area contributed by atoms with E-state index in [-0.39, 0.29) is 18.4 Å². The van der Waals surface area contributed by atoms with E-state index in [4.69, 9.17) is 5.73 Å². The van der Waals surface area contributed by atoms with Gasteiger partial charge in [0.25, 0.3) is 0 Å². The molecule has 0 fully saturated rings. The van der Waals surface area contributed by atoms with Crippen LogP contribution in [-0.4, -0.2) is 35.0 Å². The molecule has 0 spiro atoms. The fourth-order valence-corrected chi connectivity index (χ4v) is 2.67. The van der Waals surface area contributed by atoms with Gasteiger partial charge in [0.05, 0.1) is 5.92 Å². The van der Waals surface area contributed by atoms with Crippen LogP contribution in [0.2, 0.25) is 0 Å². The summed E-state index contributed by atoms with van der Waals surface area (Å²) < 4.78 is 0. The smallest absolute Gasteiger partial charge is 0.312 e. The number of carbonyl (C=O) groups is 2. The second-order valence-corrected chi connectivity index (χ2v) is 5.29. The third-order valence-corrected chi connectivity index (χ3v) is 3.83. The normalized spacial score (nSPS) is 19.3. The maximum absolute atomic E-state index is 12.3. The van der Waals surface area contributed by atoms with Crippen LogP contribution >= 0.6 is 0 Å². The minimum atomic E-state index is -0.888. The van der Waals surface area contributed by atoms with Crippen LogP contribution in [-0.2, 0) is 16.1 Å². The highest BCUT2D eigenvalue weighted by Crippen LogP contribution is 2.29. The summed E-state index contributed by atoms with van der Waals surface area (Å²) in [5.74, 6) is -1.72. The lowest BCUT2D eigenvalue weighted by atomic mass is 9.89. The van der Waals surface area contributed by atoms with E-state index < -0.39 is 11.9 Å². The Kier molecular flexibility index (Phi) is 4.39. The van der Waals surface area contributed by atoms with Gasteiger partial charge in [-0.15, -0.1) is 0 Å². The fourth-order valence-electron chi connectivity index (χ4n) is 2.67. The van der Waals surface area contributed by atoms with Crippen LogP contribution in [0.15, 0.2) is 24.3 Å². The number of hydrogen-bond donors (Lipinski definition) is 2. The second-order valence-electron chi connectivity index (χ2n) is 5.29. The molecule has 1 aromatic rings. The highest BCUT2D eigenvalue weighted by Gasteiger charge is 2.33. The number of benzene rings is 1. The van der Waals surface area contributed by atoms with Crippen molar-refractivity contribution in [1.29, 1.82) is 0 Å². The fraction of sp³-hybridized carbons (Fsp3) is 0.467. The molecule has 0 aliphatic carbocycles. The van der Waals surface area contributed by atoms with Crippen LogP contribution in [0.4, 0.5) is 0 Å². The molecule has 1 aliphatic rings. The Morgan fingerprint density at radius 3 is 2.80 bits per heavy atom. The number of rotatable bonds is 4. The van der Waals surface area contributed by atoms with E-state index in [0.717, 1.165) is 11.1 Å². The molecule has 5 nitrogen and oxygen atoms in total. The van der Waals surface area contributed by atoms with Crippen molar-refractivity contribution in [1.82, 2.24) is 4.90 Å². The minimum Gasteiger partial charge on any atom is -0.481 e. The lowest BCUT2D eigenvalue weighted by molar-refractivity contribution is -0.142. The molecule has 108 valence electrons. The van der Waals surface area contributed by atoms with E-state index in [2.05, 4.69) is 0 Å². The first-order valence-corrected chi connectivity index (χ1v) is 6.84. The van der Waals surface area contributed by atoms with Gasteiger partial charge in [-0.1, -0.05) is 31.2 Å². The Morgan fingerprint density at radius 2 is 2.15 bits per heavy atom. The number of nitrogens with two attached hydrogens (primary N) is 1. The van der Waals surface area contributed by atoms with Crippen molar-refractivity contribution in [3.8, 4) is 0 Å². The molecule has 20 heavy (non-hydrogen) atoms. The van der Waals surface area contributed by atoms with Gasteiger partial charge in [0.2, 0.25) is 5.91 Å². The van der Waals surface area contributed by atoms with Crippen LogP contribution in [0.1, 0.15) is 30.4 Å². The lowest BCUT2D eigenvalue weighted by Gasteiger charge is -2.34. The molecular formula is C15H20N2O3. The van der Waals surface area contributed by atoms with Crippen molar-refractivity contribution in [2.75, 3.05) is 13.1 Å². The van der Waals surface area contributed by atoms with Gasteiger partial charge >= 0.3 is 5.97 Å². The quantitative estimate of drug-likeness (QED) is 0.865. The van der Waals surface area contributed by atoms with E-state index in [1.807, 2.05) is 31.2 Å². The van der Waals surface area contributed by atoms with Crippen LogP contribution in [0.5, 0.6) is 0 Å². The van der Waals surface area contributed by atoms with Crippen molar-refractivity contribution in [2.45, 2.75) is 25.8 Å². The number of fused-ring (bicyclic) bond motifs is 1. The first-order valence-electron chi connectivity index (χ1n) is 6.84.